The Bertz CT molecular complexity index is 556. The summed E-state index contributed by atoms with van der Waals surface area (Å²) in [5.41, 5.74) is 1.68. The summed E-state index contributed by atoms with van der Waals surface area (Å²) in [6.07, 6.45) is 1.18. The fourth-order valence-corrected chi connectivity index (χ4v) is 2.27. The number of hydrogen-bond acceptors (Lipinski definition) is 4. The fourth-order valence-electron chi connectivity index (χ4n) is 2.27. The van der Waals surface area contributed by atoms with Crippen LogP contribution in [0.2, 0.25) is 0 Å². The molecule has 1 fully saturated rings. The van der Waals surface area contributed by atoms with Gasteiger partial charge in [0.25, 0.3) is 0 Å². The number of benzene rings is 1. The highest BCUT2D eigenvalue weighted by molar-refractivity contribution is 6.00. The summed E-state index contributed by atoms with van der Waals surface area (Å²) >= 11 is 0. The van der Waals surface area contributed by atoms with Crippen molar-refractivity contribution >= 4 is 18.2 Å². The first-order valence-corrected chi connectivity index (χ1v) is 6.34. The van der Waals surface area contributed by atoms with Gasteiger partial charge in [-0.1, -0.05) is 6.07 Å². The van der Waals surface area contributed by atoms with Crippen molar-refractivity contribution in [1.29, 1.82) is 0 Å². The number of imide groups is 1. The smallest absolute Gasteiger partial charge is 0.249 e. The van der Waals surface area contributed by atoms with Crippen LogP contribution in [0, 0.1) is 6.92 Å². The third-order valence-corrected chi connectivity index (χ3v) is 3.42. The molecular weight excluding hydrogens is 260 g/mol. The molecule has 3 amide bonds. The monoisotopic (exact) mass is 276 g/mol. The van der Waals surface area contributed by atoms with Crippen molar-refractivity contribution in [2.24, 2.45) is 0 Å². The van der Waals surface area contributed by atoms with E-state index in [1.807, 2.05) is 6.92 Å². The Kier molecular flexibility index (Phi) is 4.02. The van der Waals surface area contributed by atoms with E-state index in [1.165, 1.54) is 11.0 Å². The molecule has 1 heterocycles. The highest BCUT2D eigenvalue weighted by Gasteiger charge is 2.31. The van der Waals surface area contributed by atoms with Crippen molar-refractivity contribution in [2.45, 2.75) is 32.4 Å². The number of aromatic hydroxyl groups is 1. The molecule has 1 aliphatic heterocycles. The highest BCUT2D eigenvalue weighted by atomic mass is 16.3. The Morgan fingerprint density at radius 3 is 2.80 bits per heavy atom. The van der Waals surface area contributed by atoms with Crippen molar-refractivity contribution in [2.75, 3.05) is 0 Å². The molecule has 6 heteroatoms. The number of hydrogen-bond donors (Lipinski definition) is 2. The summed E-state index contributed by atoms with van der Waals surface area (Å²) in [5, 5.41) is 11.6. The molecule has 1 atom stereocenters. The van der Waals surface area contributed by atoms with Gasteiger partial charge in [0.15, 0.2) is 0 Å². The molecule has 0 spiro atoms. The van der Waals surface area contributed by atoms with Gasteiger partial charge in [0.1, 0.15) is 11.8 Å². The standard InChI is InChI=1S/C14H16N2O4/c1-9-6-11(18)3-2-10(9)7-16(8-17)12-4-5-13(19)15-14(12)20/h2-3,6,8,12,18H,4-5,7H2,1H3,(H,15,19,20). The predicted octanol–water partition coefficient (Wildman–Crippen LogP) is 0.464. The summed E-state index contributed by atoms with van der Waals surface area (Å²) in [5.74, 6) is -0.590. The van der Waals surface area contributed by atoms with Gasteiger partial charge < -0.3 is 10.0 Å². The van der Waals surface area contributed by atoms with Crippen LogP contribution >= 0.6 is 0 Å². The summed E-state index contributed by atoms with van der Waals surface area (Å²) in [6.45, 7) is 2.09. The number of carbonyl (C=O) groups is 3. The molecule has 2 rings (SSSR count). The molecule has 20 heavy (non-hydrogen) atoms. The largest absolute Gasteiger partial charge is 0.508 e. The lowest BCUT2D eigenvalue weighted by molar-refractivity contribution is -0.141. The number of phenolic OH excluding ortho intramolecular Hbond substituents is 1. The molecular formula is C14H16N2O4. The van der Waals surface area contributed by atoms with Gasteiger partial charge in [0.05, 0.1) is 0 Å². The van der Waals surface area contributed by atoms with Crippen LogP contribution in [0.25, 0.3) is 0 Å². The van der Waals surface area contributed by atoms with Crippen molar-refractivity contribution in [3.05, 3.63) is 29.3 Å². The van der Waals surface area contributed by atoms with E-state index in [1.54, 1.807) is 12.1 Å². The zero-order valence-corrected chi connectivity index (χ0v) is 11.1. The molecule has 2 N–H and O–H groups in total. The molecule has 0 saturated carbocycles. The summed E-state index contributed by atoms with van der Waals surface area (Å²) in [4.78, 5) is 35.5. The molecule has 1 unspecified atom stereocenters. The highest BCUT2D eigenvalue weighted by Crippen LogP contribution is 2.19. The van der Waals surface area contributed by atoms with Gasteiger partial charge in [0.2, 0.25) is 18.2 Å². The van der Waals surface area contributed by atoms with E-state index in [2.05, 4.69) is 5.32 Å². The number of nitrogens with zero attached hydrogens (tertiary/aromatic N) is 1. The van der Waals surface area contributed by atoms with Gasteiger partial charge in [-0.05, 0) is 36.6 Å². The molecule has 1 saturated heterocycles. The maximum Gasteiger partial charge on any atom is 0.249 e. The first kappa shape index (κ1) is 14.0. The Labute approximate surface area is 116 Å². The summed E-state index contributed by atoms with van der Waals surface area (Å²) in [6, 6.07) is 4.23. The van der Waals surface area contributed by atoms with Crippen LogP contribution in [0.4, 0.5) is 0 Å². The predicted molar refractivity (Wildman–Crippen MR) is 70.6 cm³/mol. The van der Waals surface area contributed by atoms with Gasteiger partial charge in [0, 0.05) is 13.0 Å². The lowest BCUT2D eigenvalue weighted by Crippen LogP contribution is -2.51. The first-order chi connectivity index (χ1) is 9.51. The van der Waals surface area contributed by atoms with E-state index in [0.29, 0.717) is 12.8 Å². The van der Waals surface area contributed by atoms with Gasteiger partial charge >= 0.3 is 0 Å². The second kappa shape index (κ2) is 5.73. The minimum atomic E-state index is -0.626. The molecule has 0 aliphatic carbocycles. The van der Waals surface area contributed by atoms with Crippen LogP contribution in [0.15, 0.2) is 18.2 Å². The molecule has 0 aromatic heterocycles. The molecule has 1 aromatic rings. The number of piperidine rings is 1. The number of aryl methyl sites for hydroxylation is 1. The average molecular weight is 276 g/mol. The Morgan fingerprint density at radius 2 is 2.20 bits per heavy atom. The van der Waals surface area contributed by atoms with E-state index in [9.17, 15) is 19.5 Å². The number of rotatable bonds is 4. The van der Waals surface area contributed by atoms with Crippen LogP contribution in [0.3, 0.4) is 0 Å². The second-order valence-corrected chi connectivity index (χ2v) is 4.86. The van der Waals surface area contributed by atoms with Gasteiger partial charge in [-0.3, -0.25) is 19.7 Å². The maximum absolute atomic E-state index is 11.8. The van der Waals surface area contributed by atoms with Crippen molar-refractivity contribution in [3.63, 3.8) is 0 Å². The summed E-state index contributed by atoms with van der Waals surface area (Å²) in [7, 11) is 0. The van der Waals surface area contributed by atoms with Crippen LogP contribution in [0.1, 0.15) is 24.0 Å². The Balaban J connectivity index is 2.14. The molecule has 1 aromatic carbocycles. The van der Waals surface area contributed by atoms with Gasteiger partial charge in [-0.2, -0.15) is 0 Å². The van der Waals surface area contributed by atoms with E-state index in [-0.39, 0.29) is 24.6 Å². The number of phenols is 1. The molecule has 1 aliphatic rings. The number of amides is 3. The molecule has 0 bridgehead atoms. The summed E-state index contributed by atoms with van der Waals surface area (Å²) < 4.78 is 0. The topological polar surface area (TPSA) is 86.7 Å². The lowest BCUT2D eigenvalue weighted by Gasteiger charge is -2.30. The first-order valence-electron chi connectivity index (χ1n) is 6.34. The third kappa shape index (κ3) is 2.96. The van der Waals surface area contributed by atoms with Crippen molar-refractivity contribution in [3.8, 4) is 5.75 Å². The molecule has 0 radical (unpaired) electrons. The normalized spacial score (nSPS) is 18.6. The minimum absolute atomic E-state index is 0.157. The second-order valence-electron chi connectivity index (χ2n) is 4.86. The third-order valence-electron chi connectivity index (χ3n) is 3.42. The minimum Gasteiger partial charge on any atom is -0.508 e. The van der Waals surface area contributed by atoms with Crippen LogP contribution in [-0.4, -0.2) is 34.3 Å². The maximum atomic E-state index is 11.8. The molecule has 6 nitrogen and oxygen atoms in total. The van der Waals surface area contributed by atoms with Gasteiger partial charge in [-0.15, -0.1) is 0 Å². The van der Waals surface area contributed by atoms with Crippen LogP contribution in [0.5, 0.6) is 5.75 Å². The lowest BCUT2D eigenvalue weighted by atomic mass is 10.0. The van der Waals surface area contributed by atoms with Crippen molar-refractivity contribution in [1.82, 2.24) is 10.2 Å². The van der Waals surface area contributed by atoms with E-state index < -0.39 is 11.9 Å². The fraction of sp³-hybridized carbons (Fsp3) is 0.357. The zero-order chi connectivity index (χ0) is 14.7. The Hall–Kier alpha value is -2.37. The van der Waals surface area contributed by atoms with Gasteiger partial charge in [-0.25, -0.2) is 0 Å². The van der Waals surface area contributed by atoms with E-state index in [4.69, 9.17) is 0 Å². The SMILES string of the molecule is Cc1cc(O)ccc1CN(C=O)C1CCC(=O)NC1=O. The van der Waals surface area contributed by atoms with Crippen LogP contribution in [-0.2, 0) is 20.9 Å². The van der Waals surface area contributed by atoms with E-state index >= 15 is 0 Å². The quantitative estimate of drug-likeness (QED) is 0.618. The average Bonchev–Trinajstić information content (AvgIpc) is 2.39. The number of carbonyl (C=O) groups excluding carboxylic acids is 3. The number of nitrogens with one attached hydrogen (secondary N) is 1. The van der Waals surface area contributed by atoms with E-state index in [0.717, 1.165) is 11.1 Å². The zero-order valence-electron chi connectivity index (χ0n) is 11.1. The molecule has 106 valence electrons. The Morgan fingerprint density at radius 1 is 1.45 bits per heavy atom. The van der Waals surface area contributed by atoms with Crippen LogP contribution < -0.4 is 5.32 Å². The van der Waals surface area contributed by atoms with Crippen molar-refractivity contribution < 1.29 is 19.5 Å².